The third kappa shape index (κ3) is 2.89. The van der Waals surface area contributed by atoms with E-state index in [1.165, 1.54) is 7.11 Å². The van der Waals surface area contributed by atoms with E-state index in [0.717, 1.165) is 16.7 Å². The van der Waals surface area contributed by atoms with Crippen LogP contribution in [-0.4, -0.2) is 51.1 Å². The largest absolute Gasteiger partial charge is 0.465 e. The minimum absolute atomic E-state index is 0.161. The molecule has 1 saturated heterocycles. The summed E-state index contributed by atoms with van der Waals surface area (Å²) < 4.78 is 27.7. The fraction of sp³-hybridized carbons (Fsp3) is 0.333. The quantitative estimate of drug-likeness (QED) is 0.775. The number of sulfone groups is 1. The summed E-state index contributed by atoms with van der Waals surface area (Å²) in [6, 6.07) is 8.91. The summed E-state index contributed by atoms with van der Waals surface area (Å²) in [5.41, 5.74) is 1.24. The van der Waals surface area contributed by atoms with E-state index in [0.29, 0.717) is 18.7 Å². The molecule has 22 heavy (non-hydrogen) atoms. The van der Waals surface area contributed by atoms with Crippen molar-refractivity contribution in [3.63, 3.8) is 0 Å². The van der Waals surface area contributed by atoms with Gasteiger partial charge in [-0.25, -0.2) is 18.2 Å². The molecule has 0 saturated carbocycles. The lowest BCUT2D eigenvalue weighted by Crippen LogP contribution is -2.40. The molecular formula is C15H16N2O4S. The zero-order chi connectivity index (χ0) is 15.7. The van der Waals surface area contributed by atoms with Gasteiger partial charge in [0.2, 0.25) is 0 Å². The molecule has 2 heterocycles. The third-order valence-electron chi connectivity index (χ3n) is 3.76. The molecule has 7 heteroatoms. The zero-order valence-electron chi connectivity index (χ0n) is 12.2. The molecule has 0 unspecified atom stereocenters. The van der Waals surface area contributed by atoms with Crippen LogP contribution in [0.5, 0.6) is 0 Å². The average molecular weight is 320 g/mol. The number of methoxy groups -OCH3 is 1. The summed E-state index contributed by atoms with van der Waals surface area (Å²) in [5, 5.41) is 0.844. The number of esters is 1. The summed E-state index contributed by atoms with van der Waals surface area (Å²) in [7, 11) is -1.56. The lowest BCUT2D eigenvalue weighted by Gasteiger charge is -2.27. The molecule has 0 spiro atoms. The molecule has 1 aromatic carbocycles. The number of fused-ring (bicyclic) bond motifs is 1. The topological polar surface area (TPSA) is 76.6 Å². The maximum atomic E-state index is 11.5. The molecule has 1 aliphatic heterocycles. The highest BCUT2D eigenvalue weighted by molar-refractivity contribution is 7.91. The van der Waals surface area contributed by atoms with E-state index in [4.69, 9.17) is 4.74 Å². The maximum Gasteiger partial charge on any atom is 0.337 e. The Kier molecular flexibility index (Phi) is 3.74. The normalized spacial score (nSPS) is 17.4. The van der Waals surface area contributed by atoms with Crippen molar-refractivity contribution in [3.05, 3.63) is 35.9 Å². The molecule has 1 aliphatic rings. The molecule has 6 nitrogen and oxygen atoms in total. The number of ether oxygens (including phenoxy) is 1. The summed E-state index contributed by atoms with van der Waals surface area (Å²) in [4.78, 5) is 18.0. The van der Waals surface area contributed by atoms with Gasteiger partial charge in [0.15, 0.2) is 9.84 Å². The van der Waals surface area contributed by atoms with Crippen LogP contribution in [0.4, 0.5) is 5.82 Å². The third-order valence-corrected chi connectivity index (χ3v) is 5.37. The van der Waals surface area contributed by atoms with Gasteiger partial charge in [-0.2, -0.15) is 0 Å². The van der Waals surface area contributed by atoms with E-state index in [-0.39, 0.29) is 17.5 Å². The predicted molar refractivity (Wildman–Crippen MR) is 83.9 cm³/mol. The van der Waals surface area contributed by atoms with Crippen molar-refractivity contribution < 1.29 is 17.9 Å². The molecule has 2 aromatic rings. The highest BCUT2D eigenvalue weighted by atomic mass is 32.2. The van der Waals surface area contributed by atoms with Gasteiger partial charge < -0.3 is 9.64 Å². The van der Waals surface area contributed by atoms with E-state index in [9.17, 15) is 13.2 Å². The Morgan fingerprint density at radius 2 is 1.91 bits per heavy atom. The Morgan fingerprint density at radius 1 is 1.18 bits per heavy atom. The molecule has 0 amide bonds. The molecular weight excluding hydrogens is 304 g/mol. The van der Waals surface area contributed by atoms with Gasteiger partial charge in [0.05, 0.1) is 29.7 Å². The van der Waals surface area contributed by atoms with Gasteiger partial charge in [0, 0.05) is 18.5 Å². The number of hydrogen-bond acceptors (Lipinski definition) is 6. The highest BCUT2D eigenvalue weighted by Gasteiger charge is 2.22. The number of nitrogens with zero attached hydrogens (tertiary/aromatic N) is 2. The molecule has 0 N–H and O–H groups in total. The number of pyridine rings is 1. The molecule has 0 atom stereocenters. The second-order valence-electron chi connectivity index (χ2n) is 5.21. The first kappa shape index (κ1) is 14.8. The van der Waals surface area contributed by atoms with Crippen molar-refractivity contribution in [2.24, 2.45) is 0 Å². The fourth-order valence-corrected chi connectivity index (χ4v) is 3.68. The van der Waals surface area contributed by atoms with Gasteiger partial charge in [-0.15, -0.1) is 0 Å². The van der Waals surface area contributed by atoms with Gasteiger partial charge in [0.1, 0.15) is 5.82 Å². The molecule has 0 bridgehead atoms. The summed E-state index contributed by atoms with van der Waals surface area (Å²) in [6.45, 7) is 0.919. The first-order valence-electron chi connectivity index (χ1n) is 6.93. The standard InChI is InChI=1S/C15H16N2O4S/c1-21-15(18)12-2-4-13-11(10-12)3-5-14(16-13)17-6-8-22(19,20)9-7-17/h2-5,10H,6-9H2,1H3. The van der Waals surface area contributed by atoms with E-state index in [1.54, 1.807) is 18.2 Å². The van der Waals surface area contributed by atoms with E-state index < -0.39 is 9.84 Å². The van der Waals surface area contributed by atoms with Crippen LogP contribution in [0.1, 0.15) is 10.4 Å². The molecule has 0 radical (unpaired) electrons. The minimum atomic E-state index is -2.91. The molecule has 1 fully saturated rings. The van der Waals surface area contributed by atoms with Gasteiger partial charge in [-0.3, -0.25) is 0 Å². The van der Waals surface area contributed by atoms with Gasteiger partial charge in [-0.1, -0.05) is 0 Å². The molecule has 0 aliphatic carbocycles. The lowest BCUT2D eigenvalue weighted by atomic mass is 10.1. The van der Waals surface area contributed by atoms with Gasteiger partial charge in [-0.05, 0) is 30.3 Å². The predicted octanol–water partition coefficient (Wildman–Crippen LogP) is 1.26. The number of carbonyl (C=O) groups excluding carboxylic acids is 1. The highest BCUT2D eigenvalue weighted by Crippen LogP contribution is 2.21. The molecule has 116 valence electrons. The Morgan fingerprint density at radius 3 is 2.59 bits per heavy atom. The first-order chi connectivity index (χ1) is 10.5. The Bertz CT molecular complexity index is 819. The lowest BCUT2D eigenvalue weighted by molar-refractivity contribution is 0.0601. The monoisotopic (exact) mass is 320 g/mol. The van der Waals surface area contributed by atoms with Crippen molar-refractivity contribution in [1.29, 1.82) is 0 Å². The number of anilines is 1. The van der Waals surface area contributed by atoms with E-state index in [1.807, 2.05) is 17.0 Å². The molecule has 1 aromatic heterocycles. The number of hydrogen-bond donors (Lipinski definition) is 0. The second kappa shape index (κ2) is 5.57. The maximum absolute atomic E-state index is 11.5. The smallest absolute Gasteiger partial charge is 0.337 e. The average Bonchev–Trinajstić information content (AvgIpc) is 2.53. The Balaban J connectivity index is 1.89. The van der Waals surface area contributed by atoms with Crippen LogP contribution in [0.3, 0.4) is 0 Å². The van der Waals surface area contributed by atoms with Crippen molar-refractivity contribution in [3.8, 4) is 0 Å². The second-order valence-corrected chi connectivity index (χ2v) is 7.51. The Hall–Kier alpha value is -2.15. The van der Waals surface area contributed by atoms with Crippen LogP contribution in [0.25, 0.3) is 10.9 Å². The van der Waals surface area contributed by atoms with Crippen molar-refractivity contribution in [2.75, 3.05) is 36.6 Å². The fourth-order valence-electron chi connectivity index (χ4n) is 2.48. The van der Waals surface area contributed by atoms with Crippen LogP contribution in [0, 0.1) is 0 Å². The van der Waals surface area contributed by atoms with Crippen LogP contribution in [0.15, 0.2) is 30.3 Å². The minimum Gasteiger partial charge on any atom is -0.465 e. The van der Waals surface area contributed by atoms with Crippen LogP contribution in [0.2, 0.25) is 0 Å². The van der Waals surface area contributed by atoms with Crippen LogP contribution in [-0.2, 0) is 14.6 Å². The van der Waals surface area contributed by atoms with Crippen molar-refractivity contribution >= 4 is 32.5 Å². The first-order valence-corrected chi connectivity index (χ1v) is 8.75. The van der Waals surface area contributed by atoms with Crippen molar-refractivity contribution in [1.82, 2.24) is 4.98 Å². The number of aromatic nitrogens is 1. The Labute approximate surface area is 128 Å². The summed E-state index contributed by atoms with van der Waals surface area (Å²) in [6.07, 6.45) is 0. The van der Waals surface area contributed by atoms with E-state index >= 15 is 0 Å². The van der Waals surface area contributed by atoms with Crippen LogP contribution < -0.4 is 4.90 Å². The number of carbonyl (C=O) groups is 1. The van der Waals surface area contributed by atoms with E-state index in [2.05, 4.69) is 4.98 Å². The van der Waals surface area contributed by atoms with Gasteiger partial charge in [0.25, 0.3) is 0 Å². The summed E-state index contributed by atoms with van der Waals surface area (Å²) >= 11 is 0. The number of rotatable bonds is 2. The van der Waals surface area contributed by atoms with Crippen molar-refractivity contribution in [2.45, 2.75) is 0 Å². The zero-order valence-corrected chi connectivity index (χ0v) is 13.0. The van der Waals surface area contributed by atoms with Gasteiger partial charge >= 0.3 is 5.97 Å². The van der Waals surface area contributed by atoms with Crippen LogP contribution >= 0.6 is 0 Å². The summed E-state index contributed by atoms with van der Waals surface area (Å²) in [5.74, 6) is 0.697. The molecule has 3 rings (SSSR count). The number of benzene rings is 1. The SMILES string of the molecule is COC(=O)c1ccc2nc(N3CCS(=O)(=O)CC3)ccc2c1.